The van der Waals surface area contributed by atoms with Gasteiger partial charge in [0, 0.05) is 25.1 Å². The van der Waals surface area contributed by atoms with Crippen molar-refractivity contribution in [2.75, 3.05) is 19.7 Å². The monoisotopic (exact) mass is 261 g/mol. The number of nitrogens with one attached hydrogen (secondary N) is 1. The minimum atomic E-state index is -0.342. The Morgan fingerprint density at radius 3 is 3.05 bits per heavy atom. The molecule has 2 rings (SSSR count). The summed E-state index contributed by atoms with van der Waals surface area (Å²) in [6.45, 7) is 6.97. The third-order valence-electron chi connectivity index (χ3n) is 2.99. The first-order chi connectivity index (χ1) is 9.20. The van der Waals surface area contributed by atoms with Crippen molar-refractivity contribution in [1.29, 1.82) is 0 Å². The van der Waals surface area contributed by atoms with E-state index in [9.17, 15) is 4.79 Å². The summed E-state index contributed by atoms with van der Waals surface area (Å²) in [5.41, 5.74) is 1.68. The Bertz CT molecular complexity index is 445. The Kier molecular flexibility index (Phi) is 4.58. The van der Waals surface area contributed by atoms with Crippen LogP contribution in [0.3, 0.4) is 0 Å². The molecule has 4 nitrogen and oxygen atoms in total. The molecule has 0 bridgehead atoms. The maximum atomic E-state index is 11.4. The SMILES string of the molecule is C=C(CNCC1Cc2ccccc2O1)C(=O)OCC. The molecule has 1 aliphatic heterocycles. The van der Waals surface area contributed by atoms with Gasteiger partial charge < -0.3 is 14.8 Å². The van der Waals surface area contributed by atoms with Gasteiger partial charge in [0.2, 0.25) is 0 Å². The van der Waals surface area contributed by atoms with Crippen LogP contribution in [0.4, 0.5) is 0 Å². The molecule has 1 aromatic rings. The summed E-state index contributed by atoms with van der Waals surface area (Å²) in [7, 11) is 0. The molecule has 1 atom stereocenters. The van der Waals surface area contributed by atoms with Crippen LogP contribution in [-0.2, 0) is 16.0 Å². The van der Waals surface area contributed by atoms with Gasteiger partial charge in [0.1, 0.15) is 11.9 Å². The molecule has 0 radical (unpaired) electrons. The summed E-state index contributed by atoms with van der Waals surface area (Å²) < 4.78 is 10.7. The molecule has 1 aliphatic rings. The number of rotatable bonds is 6. The summed E-state index contributed by atoms with van der Waals surface area (Å²) in [4.78, 5) is 11.4. The zero-order valence-electron chi connectivity index (χ0n) is 11.1. The smallest absolute Gasteiger partial charge is 0.334 e. The molecule has 4 heteroatoms. The largest absolute Gasteiger partial charge is 0.488 e. The van der Waals surface area contributed by atoms with Crippen LogP contribution in [0.2, 0.25) is 0 Å². The molecule has 1 heterocycles. The Hall–Kier alpha value is -1.81. The number of esters is 1. The molecule has 0 aliphatic carbocycles. The molecule has 0 saturated carbocycles. The lowest BCUT2D eigenvalue weighted by molar-refractivity contribution is -0.138. The van der Waals surface area contributed by atoms with Crippen LogP contribution in [0.5, 0.6) is 5.75 Å². The highest BCUT2D eigenvalue weighted by Crippen LogP contribution is 2.27. The van der Waals surface area contributed by atoms with Crippen molar-refractivity contribution in [2.24, 2.45) is 0 Å². The van der Waals surface area contributed by atoms with Gasteiger partial charge in [-0.2, -0.15) is 0 Å². The van der Waals surface area contributed by atoms with E-state index in [0.29, 0.717) is 25.3 Å². The van der Waals surface area contributed by atoms with Crippen molar-refractivity contribution in [2.45, 2.75) is 19.4 Å². The molecular weight excluding hydrogens is 242 g/mol. The lowest BCUT2D eigenvalue weighted by Gasteiger charge is -2.12. The first-order valence-electron chi connectivity index (χ1n) is 6.51. The van der Waals surface area contributed by atoms with Crippen LogP contribution < -0.4 is 10.1 Å². The second kappa shape index (κ2) is 6.38. The van der Waals surface area contributed by atoms with Crippen LogP contribution in [0.25, 0.3) is 0 Å². The van der Waals surface area contributed by atoms with Gasteiger partial charge in [-0.3, -0.25) is 0 Å². The number of fused-ring (bicyclic) bond motifs is 1. The van der Waals surface area contributed by atoms with Gasteiger partial charge in [-0.05, 0) is 18.6 Å². The summed E-state index contributed by atoms with van der Waals surface area (Å²) in [6, 6.07) is 8.04. The van der Waals surface area contributed by atoms with Crippen molar-refractivity contribution in [3.63, 3.8) is 0 Å². The summed E-state index contributed by atoms with van der Waals surface area (Å²) in [5.74, 6) is 0.615. The maximum Gasteiger partial charge on any atom is 0.334 e. The van der Waals surface area contributed by atoms with E-state index in [2.05, 4.69) is 18.0 Å². The number of benzene rings is 1. The molecule has 1 unspecified atom stereocenters. The Balaban J connectivity index is 1.71. The molecule has 19 heavy (non-hydrogen) atoms. The predicted octanol–water partition coefficient (Wildman–Crippen LogP) is 1.70. The fourth-order valence-electron chi connectivity index (χ4n) is 2.06. The summed E-state index contributed by atoms with van der Waals surface area (Å²) in [6.07, 6.45) is 1.02. The topological polar surface area (TPSA) is 47.6 Å². The van der Waals surface area contributed by atoms with Crippen molar-refractivity contribution in [3.05, 3.63) is 42.0 Å². The normalized spacial score (nSPS) is 16.6. The third-order valence-corrected chi connectivity index (χ3v) is 2.99. The minimum absolute atomic E-state index is 0.118. The fraction of sp³-hybridized carbons (Fsp3) is 0.400. The number of ether oxygens (including phenoxy) is 2. The van der Waals surface area contributed by atoms with Gasteiger partial charge in [-0.1, -0.05) is 24.8 Å². The van der Waals surface area contributed by atoms with Gasteiger partial charge in [-0.15, -0.1) is 0 Å². The second-order valence-electron chi connectivity index (χ2n) is 4.51. The standard InChI is InChI=1S/C15H19NO3/c1-3-18-15(17)11(2)9-16-10-13-8-12-6-4-5-7-14(12)19-13/h4-7,13,16H,2-3,8-10H2,1H3. The zero-order chi connectivity index (χ0) is 13.7. The fourth-order valence-corrected chi connectivity index (χ4v) is 2.06. The van der Waals surface area contributed by atoms with Crippen molar-refractivity contribution < 1.29 is 14.3 Å². The van der Waals surface area contributed by atoms with E-state index in [-0.39, 0.29) is 12.1 Å². The van der Waals surface area contributed by atoms with E-state index in [1.165, 1.54) is 5.56 Å². The number of para-hydroxylation sites is 1. The highest BCUT2D eigenvalue weighted by Gasteiger charge is 2.21. The van der Waals surface area contributed by atoms with Gasteiger partial charge in [-0.25, -0.2) is 4.79 Å². The summed E-state index contributed by atoms with van der Waals surface area (Å²) >= 11 is 0. The molecule has 102 valence electrons. The van der Waals surface area contributed by atoms with Crippen molar-refractivity contribution in [3.8, 4) is 5.75 Å². The molecule has 0 fully saturated rings. The lowest BCUT2D eigenvalue weighted by atomic mass is 10.1. The average Bonchev–Trinajstić information content (AvgIpc) is 2.81. The Labute approximate surface area is 113 Å². The van der Waals surface area contributed by atoms with Crippen LogP contribution in [-0.4, -0.2) is 31.8 Å². The van der Waals surface area contributed by atoms with E-state index in [1.54, 1.807) is 6.92 Å². The van der Waals surface area contributed by atoms with E-state index < -0.39 is 0 Å². The molecular formula is C15H19NO3. The maximum absolute atomic E-state index is 11.4. The van der Waals surface area contributed by atoms with Crippen LogP contribution in [0, 0.1) is 0 Å². The predicted molar refractivity (Wildman–Crippen MR) is 73.2 cm³/mol. The van der Waals surface area contributed by atoms with Gasteiger partial charge in [0.25, 0.3) is 0 Å². The minimum Gasteiger partial charge on any atom is -0.488 e. The number of hydrogen-bond donors (Lipinski definition) is 1. The van der Waals surface area contributed by atoms with Crippen LogP contribution >= 0.6 is 0 Å². The van der Waals surface area contributed by atoms with Crippen LogP contribution in [0.15, 0.2) is 36.4 Å². The first-order valence-corrected chi connectivity index (χ1v) is 6.51. The first kappa shape index (κ1) is 13.6. The Morgan fingerprint density at radius 1 is 1.53 bits per heavy atom. The van der Waals surface area contributed by atoms with E-state index in [1.807, 2.05) is 18.2 Å². The Morgan fingerprint density at radius 2 is 2.32 bits per heavy atom. The summed E-state index contributed by atoms with van der Waals surface area (Å²) in [5, 5.41) is 3.18. The number of carbonyl (C=O) groups is 1. The van der Waals surface area contributed by atoms with Crippen molar-refractivity contribution >= 4 is 5.97 Å². The zero-order valence-corrected chi connectivity index (χ0v) is 11.1. The molecule has 0 aromatic heterocycles. The van der Waals surface area contributed by atoms with Gasteiger partial charge in [0.15, 0.2) is 0 Å². The molecule has 1 N–H and O–H groups in total. The number of hydrogen-bond acceptors (Lipinski definition) is 4. The third kappa shape index (κ3) is 3.58. The van der Waals surface area contributed by atoms with Gasteiger partial charge >= 0.3 is 5.97 Å². The van der Waals surface area contributed by atoms with E-state index in [4.69, 9.17) is 9.47 Å². The quantitative estimate of drug-likeness (QED) is 0.625. The highest BCUT2D eigenvalue weighted by atomic mass is 16.5. The lowest BCUT2D eigenvalue weighted by Crippen LogP contribution is -2.32. The van der Waals surface area contributed by atoms with Crippen LogP contribution in [0.1, 0.15) is 12.5 Å². The second-order valence-corrected chi connectivity index (χ2v) is 4.51. The molecule has 0 amide bonds. The average molecular weight is 261 g/mol. The molecule has 0 spiro atoms. The van der Waals surface area contributed by atoms with E-state index in [0.717, 1.165) is 12.2 Å². The molecule has 0 saturated heterocycles. The highest BCUT2D eigenvalue weighted by molar-refractivity contribution is 5.88. The van der Waals surface area contributed by atoms with Gasteiger partial charge in [0.05, 0.1) is 6.61 Å². The van der Waals surface area contributed by atoms with Crippen molar-refractivity contribution in [1.82, 2.24) is 5.32 Å². The van der Waals surface area contributed by atoms with E-state index >= 15 is 0 Å². The number of carbonyl (C=O) groups excluding carboxylic acids is 1. The molecule has 1 aromatic carbocycles.